The van der Waals surface area contributed by atoms with Crippen molar-refractivity contribution >= 4 is 11.8 Å². The van der Waals surface area contributed by atoms with Gasteiger partial charge in [0.25, 0.3) is 11.8 Å². The SMILES string of the molecule is CCCCN1C(=O)C=C(NCCO)C1=O. The maximum atomic E-state index is 11.6. The van der Waals surface area contributed by atoms with Crippen LogP contribution in [0.25, 0.3) is 0 Å². The molecule has 0 aliphatic carbocycles. The number of aliphatic hydroxyl groups is 1. The number of amides is 2. The Labute approximate surface area is 88.8 Å². The fourth-order valence-corrected chi connectivity index (χ4v) is 1.35. The zero-order valence-electron chi connectivity index (χ0n) is 8.82. The summed E-state index contributed by atoms with van der Waals surface area (Å²) < 4.78 is 0. The third-order valence-corrected chi connectivity index (χ3v) is 2.17. The number of carbonyl (C=O) groups is 2. The van der Waals surface area contributed by atoms with Crippen molar-refractivity contribution in [3.05, 3.63) is 11.8 Å². The second-order valence-corrected chi connectivity index (χ2v) is 3.36. The summed E-state index contributed by atoms with van der Waals surface area (Å²) in [4.78, 5) is 24.2. The number of nitrogens with zero attached hydrogens (tertiary/aromatic N) is 1. The van der Waals surface area contributed by atoms with E-state index in [1.807, 2.05) is 6.92 Å². The van der Waals surface area contributed by atoms with Crippen LogP contribution in [0.4, 0.5) is 0 Å². The van der Waals surface area contributed by atoms with Crippen LogP contribution in [-0.2, 0) is 9.59 Å². The molecule has 0 bridgehead atoms. The van der Waals surface area contributed by atoms with Gasteiger partial charge >= 0.3 is 0 Å². The molecule has 0 radical (unpaired) electrons. The molecule has 0 unspecified atom stereocenters. The summed E-state index contributed by atoms with van der Waals surface area (Å²) in [7, 11) is 0. The van der Waals surface area contributed by atoms with Crippen molar-refractivity contribution in [1.29, 1.82) is 0 Å². The number of imide groups is 1. The van der Waals surface area contributed by atoms with Gasteiger partial charge in [0.05, 0.1) is 6.61 Å². The highest BCUT2D eigenvalue weighted by Crippen LogP contribution is 2.11. The smallest absolute Gasteiger partial charge is 0.276 e. The molecule has 1 heterocycles. The Bertz CT molecular complexity index is 286. The van der Waals surface area contributed by atoms with Gasteiger partial charge in [0.15, 0.2) is 0 Å². The Kier molecular flexibility index (Phi) is 4.30. The second-order valence-electron chi connectivity index (χ2n) is 3.36. The molecule has 2 N–H and O–H groups in total. The zero-order chi connectivity index (χ0) is 11.3. The molecule has 5 nitrogen and oxygen atoms in total. The molecule has 0 aromatic heterocycles. The predicted molar refractivity (Wildman–Crippen MR) is 54.8 cm³/mol. The molecular weight excluding hydrogens is 196 g/mol. The van der Waals surface area contributed by atoms with E-state index in [0.717, 1.165) is 12.8 Å². The van der Waals surface area contributed by atoms with E-state index in [2.05, 4.69) is 5.32 Å². The van der Waals surface area contributed by atoms with Gasteiger partial charge in [0.1, 0.15) is 5.70 Å². The van der Waals surface area contributed by atoms with Crippen molar-refractivity contribution in [2.75, 3.05) is 19.7 Å². The normalized spacial score (nSPS) is 15.9. The average Bonchev–Trinajstić information content (AvgIpc) is 2.49. The molecule has 0 atom stereocenters. The van der Waals surface area contributed by atoms with Crippen molar-refractivity contribution in [3.8, 4) is 0 Å². The van der Waals surface area contributed by atoms with Crippen LogP contribution in [-0.4, -0.2) is 41.5 Å². The van der Waals surface area contributed by atoms with Crippen molar-refractivity contribution < 1.29 is 14.7 Å². The van der Waals surface area contributed by atoms with Crippen LogP contribution >= 0.6 is 0 Å². The predicted octanol–water partition coefficient (Wildman–Crippen LogP) is -0.379. The molecular formula is C10H16N2O3. The van der Waals surface area contributed by atoms with Crippen LogP contribution in [0.1, 0.15) is 19.8 Å². The summed E-state index contributed by atoms with van der Waals surface area (Å²) in [5, 5.41) is 11.3. The van der Waals surface area contributed by atoms with Gasteiger partial charge in [-0.15, -0.1) is 0 Å². The maximum absolute atomic E-state index is 11.6. The molecule has 1 aliphatic rings. The van der Waals surface area contributed by atoms with Gasteiger partial charge in [-0.1, -0.05) is 13.3 Å². The Hall–Kier alpha value is -1.36. The first-order chi connectivity index (χ1) is 7.20. The lowest BCUT2D eigenvalue weighted by Crippen LogP contribution is -2.34. The van der Waals surface area contributed by atoms with E-state index in [9.17, 15) is 9.59 Å². The number of unbranched alkanes of at least 4 members (excludes halogenated alkanes) is 1. The van der Waals surface area contributed by atoms with Crippen LogP contribution in [0.3, 0.4) is 0 Å². The van der Waals surface area contributed by atoms with Crippen LogP contribution in [0, 0.1) is 0 Å². The molecule has 2 amide bonds. The molecule has 0 saturated heterocycles. The Morgan fingerprint density at radius 1 is 1.47 bits per heavy atom. The van der Waals surface area contributed by atoms with E-state index in [1.54, 1.807) is 0 Å². The lowest BCUT2D eigenvalue weighted by Gasteiger charge is -2.14. The van der Waals surface area contributed by atoms with Gasteiger partial charge in [0, 0.05) is 19.2 Å². The lowest BCUT2D eigenvalue weighted by molar-refractivity contribution is -0.137. The minimum absolute atomic E-state index is 0.0617. The van der Waals surface area contributed by atoms with Gasteiger partial charge in [-0.3, -0.25) is 14.5 Å². The van der Waals surface area contributed by atoms with Gasteiger partial charge < -0.3 is 10.4 Å². The number of aliphatic hydroxyl groups excluding tert-OH is 1. The second kappa shape index (κ2) is 5.50. The molecule has 1 aliphatic heterocycles. The van der Waals surface area contributed by atoms with Gasteiger partial charge in [-0.05, 0) is 6.42 Å². The highest BCUT2D eigenvalue weighted by Gasteiger charge is 2.29. The molecule has 15 heavy (non-hydrogen) atoms. The van der Waals surface area contributed by atoms with Crippen LogP contribution in [0.2, 0.25) is 0 Å². The highest BCUT2D eigenvalue weighted by molar-refractivity contribution is 6.15. The third-order valence-electron chi connectivity index (χ3n) is 2.17. The summed E-state index contributed by atoms with van der Waals surface area (Å²) in [5.74, 6) is -0.559. The van der Waals surface area contributed by atoms with Crippen LogP contribution in [0.15, 0.2) is 11.8 Å². The summed E-state index contributed by atoms with van der Waals surface area (Å²) in [6.07, 6.45) is 3.04. The number of rotatable bonds is 6. The number of hydrogen-bond donors (Lipinski definition) is 2. The Balaban J connectivity index is 2.53. The minimum atomic E-state index is -0.290. The number of hydrogen-bond acceptors (Lipinski definition) is 4. The van der Waals surface area contributed by atoms with E-state index in [-0.39, 0.29) is 30.7 Å². The van der Waals surface area contributed by atoms with Gasteiger partial charge in [0.2, 0.25) is 0 Å². The monoisotopic (exact) mass is 212 g/mol. The molecule has 5 heteroatoms. The lowest BCUT2D eigenvalue weighted by atomic mass is 10.3. The summed E-state index contributed by atoms with van der Waals surface area (Å²) in [5.41, 5.74) is 0.283. The van der Waals surface area contributed by atoms with E-state index in [4.69, 9.17) is 5.11 Å². The van der Waals surface area contributed by atoms with E-state index in [1.165, 1.54) is 11.0 Å². The first kappa shape index (κ1) is 11.7. The summed E-state index contributed by atoms with van der Waals surface area (Å²) in [6.45, 7) is 2.69. The van der Waals surface area contributed by atoms with E-state index < -0.39 is 0 Å². The molecule has 84 valence electrons. The van der Waals surface area contributed by atoms with Crippen molar-refractivity contribution in [3.63, 3.8) is 0 Å². The molecule has 0 aromatic carbocycles. The molecule has 0 aromatic rings. The van der Waals surface area contributed by atoms with Crippen LogP contribution < -0.4 is 5.32 Å². The summed E-state index contributed by atoms with van der Waals surface area (Å²) >= 11 is 0. The largest absolute Gasteiger partial charge is 0.395 e. The summed E-state index contributed by atoms with van der Waals surface area (Å²) in [6, 6.07) is 0. The molecule has 0 fully saturated rings. The first-order valence-electron chi connectivity index (χ1n) is 5.13. The van der Waals surface area contributed by atoms with Gasteiger partial charge in [-0.25, -0.2) is 0 Å². The van der Waals surface area contributed by atoms with Gasteiger partial charge in [-0.2, -0.15) is 0 Å². The van der Waals surface area contributed by atoms with Crippen molar-refractivity contribution in [2.45, 2.75) is 19.8 Å². The number of nitrogens with one attached hydrogen (secondary N) is 1. The average molecular weight is 212 g/mol. The quantitative estimate of drug-likeness (QED) is 0.589. The van der Waals surface area contributed by atoms with Crippen molar-refractivity contribution in [2.24, 2.45) is 0 Å². The topological polar surface area (TPSA) is 69.6 Å². The van der Waals surface area contributed by atoms with E-state index in [0.29, 0.717) is 6.54 Å². The molecule has 0 spiro atoms. The zero-order valence-corrected chi connectivity index (χ0v) is 8.82. The maximum Gasteiger partial charge on any atom is 0.276 e. The van der Waals surface area contributed by atoms with Crippen LogP contribution in [0.5, 0.6) is 0 Å². The fraction of sp³-hybridized carbons (Fsp3) is 0.600. The molecule has 1 rings (SSSR count). The number of carbonyl (C=O) groups excluding carboxylic acids is 2. The Morgan fingerprint density at radius 2 is 2.20 bits per heavy atom. The molecule has 0 saturated carbocycles. The van der Waals surface area contributed by atoms with E-state index >= 15 is 0 Å². The Morgan fingerprint density at radius 3 is 2.80 bits per heavy atom. The third kappa shape index (κ3) is 2.79. The standard InChI is InChI=1S/C10H16N2O3/c1-2-3-5-12-9(14)7-8(10(12)15)11-4-6-13/h7,11,13H,2-6H2,1H3. The fourth-order valence-electron chi connectivity index (χ4n) is 1.35. The first-order valence-corrected chi connectivity index (χ1v) is 5.13. The minimum Gasteiger partial charge on any atom is -0.395 e. The highest BCUT2D eigenvalue weighted by atomic mass is 16.3. The van der Waals surface area contributed by atoms with Crippen molar-refractivity contribution in [1.82, 2.24) is 10.2 Å².